The number of aliphatic hydroxyl groups is 1. The van der Waals surface area contributed by atoms with E-state index in [4.69, 9.17) is 5.11 Å². The molecule has 1 amide bonds. The standard InChI is InChI=1S/C13H23NO4/c1-2-5-10(13(17)18)14-12(16)8-9-6-3-4-7-11(9)15/h9-11,15H,2-8H2,1H3,(H,14,16)(H,17,18)/t9-,10?,11+/m0/s1. The van der Waals surface area contributed by atoms with Crippen LogP contribution in [0, 0.1) is 5.92 Å². The van der Waals surface area contributed by atoms with Crippen LogP contribution in [0.4, 0.5) is 0 Å². The highest BCUT2D eigenvalue weighted by Gasteiger charge is 2.27. The molecule has 1 aliphatic carbocycles. The molecule has 0 heterocycles. The Bertz CT molecular complexity index is 293. The Kier molecular flexibility index (Phi) is 6.12. The highest BCUT2D eigenvalue weighted by molar-refractivity contribution is 5.83. The van der Waals surface area contributed by atoms with Crippen LogP contribution in [0.15, 0.2) is 0 Å². The zero-order valence-corrected chi connectivity index (χ0v) is 10.9. The van der Waals surface area contributed by atoms with E-state index in [1.54, 1.807) is 0 Å². The van der Waals surface area contributed by atoms with Crippen molar-refractivity contribution in [1.29, 1.82) is 0 Å². The third kappa shape index (κ3) is 4.64. The molecule has 3 atom stereocenters. The van der Waals surface area contributed by atoms with Crippen LogP contribution in [0.2, 0.25) is 0 Å². The monoisotopic (exact) mass is 257 g/mol. The van der Waals surface area contributed by atoms with E-state index in [0.717, 1.165) is 25.7 Å². The molecule has 0 aliphatic heterocycles. The van der Waals surface area contributed by atoms with Crippen molar-refractivity contribution in [2.45, 2.75) is 64.0 Å². The van der Waals surface area contributed by atoms with Gasteiger partial charge in [-0.25, -0.2) is 4.79 Å². The summed E-state index contributed by atoms with van der Waals surface area (Å²) >= 11 is 0. The van der Waals surface area contributed by atoms with Crippen LogP contribution < -0.4 is 5.32 Å². The van der Waals surface area contributed by atoms with Crippen molar-refractivity contribution in [1.82, 2.24) is 5.32 Å². The number of carbonyl (C=O) groups is 2. The van der Waals surface area contributed by atoms with Gasteiger partial charge in [0.1, 0.15) is 6.04 Å². The summed E-state index contributed by atoms with van der Waals surface area (Å²) in [6.45, 7) is 1.88. The van der Waals surface area contributed by atoms with E-state index in [-0.39, 0.29) is 18.2 Å². The molecule has 5 heteroatoms. The van der Waals surface area contributed by atoms with E-state index in [9.17, 15) is 14.7 Å². The number of hydrogen-bond acceptors (Lipinski definition) is 3. The van der Waals surface area contributed by atoms with E-state index in [1.807, 2.05) is 6.92 Å². The highest BCUT2D eigenvalue weighted by atomic mass is 16.4. The van der Waals surface area contributed by atoms with Gasteiger partial charge >= 0.3 is 5.97 Å². The summed E-state index contributed by atoms with van der Waals surface area (Å²) in [5.41, 5.74) is 0. The molecular formula is C13H23NO4. The van der Waals surface area contributed by atoms with Crippen molar-refractivity contribution in [3.05, 3.63) is 0 Å². The fourth-order valence-corrected chi connectivity index (χ4v) is 2.46. The molecule has 5 nitrogen and oxygen atoms in total. The summed E-state index contributed by atoms with van der Waals surface area (Å²) < 4.78 is 0. The Hall–Kier alpha value is -1.10. The molecule has 1 aliphatic rings. The zero-order chi connectivity index (χ0) is 13.5. The van der Waals surface area contributed by atoms with Crippen LogP contribution in [0.25, 0.3) is 0 Å². The van der Waals surface area contributed by atoms with Crippen LogP contribution in [0.1, 0.15) is 51.9 Å². The molecule has 0 aromatic carbocycles. The first-order valence-corrected chi connectivity index (χ1v) is 6.74. The van der Waals surface area contributed by atoms with Gasteiger partial charge in [0.05, 0.1) is 6.10 Å². The minimum Gasteiger partial charge on any atom is -0.480 e. The van der Waals surface area contributed by atoms with E-state index in [0.29, 0.717) is 12.8 Å². The fourth-order valence-electron chi connectivity index (χ4n) is 2.46. The van der Waals surface area contributed by atoms with Crippen molar-refractivity contribution in [3.63, 3.8) is 0 Å². The number of aliphatic carboxylic acids is 1. The molecule has 18 heavy (non-hydrogen) atoms. The molecular weight excluding hydrogens is 234 g/mol. The molecule has 1 saturated carbocycles. The first-order valence-electron chi connectivity index (χ1n) is 6.74. The number of hydrogen-bond donors (Lipinski definition) is 3. The summed E-state index contributed by atoms with van der Waals surface area (Å²) in [4.78, 5) is 22.7. The summed E-state index contributed by atoms with van der Waals surface area (Å²) in [7, 11) is 0. The first kappa shape index (κ1) is 15.0. The maximum atomic E-state index is 11.8. The van der Waals surface area contributed by atoms with Gasteiger partial charge in [0.2, 0.25) is 5.91 Å². The Labute approximate surface area is 108 Å². The summed E-state index contributed by atoms with van der Waals surface area (Å²) in [6.07, 6.45) is 4.60. The van der Waals surface area contributed by atoms with Crippen molar-refractivity contribution >= 4 is 11.9 Å². The lowest BCUT2D eigenvalue weighted by atomic mass is 9.84. The number of rotatable bonds is 6. The van der Waals surface area contributed by atoms with Crippen molar-refractivity contribution in [2.24, 2.45) is 5.92 Å². The quantitative estimate of drug-likeness (QED) is 0.669. The second-order valence-corrected chi connectivity index (χ2v) is 5.06. The van der Waals surface area contributed by atoms with Gasteiger partial charge in [-0.1, -0.05) is 26.2 Å². The Morgan fingerprint density at radius 2 is 2.00 bits per heavy atom. The van der Waals surface area contributed by atoms with Gasteiger partial charge in [-0.2, -0.15) is 0 Å². The van der Waals surface area contributed by atoms with Crippen LogP contribution in [-0.2, 0) is 9.59 Å². The molecule has 0 bridgehead atoms. The van der Waals surface area contributed by atoms with Gasteiger partial charge in [-0.3, -0.25) is 4.79 Å². The Morgan fingerprint density at radius 3 is 2.56 bits per heavy atom. The Morgan fingerprint density at radius 1 is 1.33 bits per heavy atom. The highest BCUT2D eigenvalue weighted by Crippen LogP contribution is 2.26. The molecule has 1 fully saturated rings. The maximum absolute atomic E-state index is 11.8. The fraction of sp³-hybridized carbons (Fsp3) is 0.846. The van der Waals surface area contributed by atoms with E-state index >= 15 is 0 Å². The van der Waals surface area contributed by atoms with Crippen LogP contribution >= 0.6 is 0 Å². The van der Waals surface area contributed by atoms with Gasteiger partial charge in [-0.05, 0) is 25.2 Å². The van der Waals surface area contributed by atoms with Crippen molar-refractivity contribution in [2.75, 3.05) is 0 Å². The number of amides is 1. The number of carboxylic acids is 1. The lowest BCUT2D eigenvalue weighted by molar-refractivity contribution is -0.142. The number of aliphatic hydroxyl groups excluding tert-OH is 1. The van der Waals surface area contributed by atoms with E-state index < -0.39 is 18.1 Å². The second kappa shape index (κ2) is 7.36. The predicted molar refractivity (Wildman–Crippen MR) is 67.1 cm³/mol. The molecule has 1 rings (SSSR count). The van der Waals surface area contributed by atoms with Gasteiger partial charge in [0.15, 0.2) is 0 Å². The summed E-state index contributed by atoms with van der Waals surface area (Å²) in [5.74, 6) is -1.27. The minimum absolute atomic E-state index is 0.0187. The van der Waals surface area contributed by atoms with Gasteiger partial charge in [0.25, 0.3) is 0 Å². The molecule has 0 aromatic rings. The number of carboxylic acid groups (broad SMARTS) is 1. The summed E-state index contributed by atoms with van der Waals surface area (Å²) in [5, 5.41) is 21.3. The van der Waals surface area contributed by atoms with Crippen molar-refractivity contribution < 1.29 is 19.8 Å². The van der Waals surface area contributed by atoms with Crippen LogP contribution in [0.3, 0.4) is 0 Å². The van der Waals surface area contributed by atoms with E-state index in [2.05, 4.69) is 5.32 Å². The van der Waals surface area contributed by atoms with Gasteiger partial charge in [-0.15, -0.1) is 0 Å². The predicted octanol–water partition coefficient (Wildman–Crippen LogP) is 1.30. The minimum atomic E-state index is -0.991. The molecule has 3 N–H and O–H groups in total. The Balaban J connectivity index is 2.41. The number of nitrogens with one attached hydrogen (secondary N) is 1. The molecule has 0 spiro atoms. The first-order chi connectivity index (χ1) is 8.54. The zero-order valence-electron chi connectivity index (χ0n) is 10.9. The summed E-state index contributed by atoms with van der Waals surface area (Å²) in [6, 6.07) is -0.803. The smallest absolute Gasteiger partial charge is 0.326 e. The second-order valence-electron chi connectivity index (χ2n) is 5.06. The van der Waals surface area contributed by atoms with Gasteiger partial charge in [0, 0.05) is 6.42 Å². The topological polar surface area (TPSA) is 86.6 Å². The van der Waals surface area contributed by atoms with Gasteiger partial charge < -0.3 is 15.5 Å². The molecule has 0 saturated heterocycles. The van der Waals surface area contributed by atoms with Crippen LogP contribution in [-0.4, -0.2) is 34.2 Å². The average Bonchev–Trinajstić information content (AvgIpc) is 2.31. The lowest BCUT2D eigenvalue weighted by Crippen LogP contribution is -2.42. The lowest BCUT2D eigenvalue weighted by Gasteiger charge is -2.27. The molecule has 0 aromatic heterocycles. The van der Waals surface area contributed by atoms with Crippen molar-refractivity contribution in [3.8, 4) is 0 Å². The normalized spacial score (nSPS) is 25.4. The molecule has 0 radical (unpaired) electrons. The third-order valence-corrected chi connectivity index (χ3v) is 3.53. The molecule has 104 valence electrons. The SMILES string of the molecule is CCCC(NC(=O)C[C@@H]1CCCC[C@H]1O)C(=O)O. The van der Waals surface area contributed by atoms with E-state index in [1.165, 1.54) is 0 Å². The third-order valence-electron chi connectivity index (χ3n) is 3.53. The van der Waals surface area contributed by atoms with Crippen LogP contribution in [0.5, 0.6) is 0 Å². The number of carbonyl (C=O) groups excluding carboxylic acids is 1. The average molecular weight is 257 g/mol. The molecule has 1 unspecified atom stereocenters. The maximum Gasteiger partial charge on any atom is 0.326 e. The largest absolute Gasteiger partial charge is 0.480 e.